The molecule has 1 fully saturated rings. The number of amides is 1. The summed E-state index contributed by atoms with van der Waals surface area (Å²) in [4.78, 5) is 23.5. The predicted octanol–water partition coefficient (Wildman–Crippen LogP) is 2.09. The molecule has 25 heavy (non-hydrogen) atoms. The second kappa shape index (κ2) is 5.98. The number of hydrogen-bond acceptors (Lipinski definition) is 3. The number of rotatable bonds is 4. The Balaban J connectivity index is 1.58. The summed E-state index contributed by atoms with van der Waals surface area (Å²) in [7, 11) is 0. The van der Waals surface area contributed by atoms with Crippen LogP contribution in [0, 0.1) is 11.7 Å². The van der Waals surface area contributed by atoms with Crippen molar-refractivity contribution in [3.8, 4) is 5.69 Å². The molecular formula is C18H18FN3O3. The van der Waals surface area contributed by atoms with Crippen molar-refractivity contribution in [2.45, 2.75) is 38.1 Å². The first-order valence-corrected chi connectivity index (χ1v) is 8.43. The molecule has 0 saturated heterocycles. The Morgan fingerprint density at radius 2 is 2.08 bits per heavy atom. The summed E-state index contributed by atoms with van der Waals surface area (Å²) in [5.41, 5.74) is 2.84. The summed E-state index contributed by atoms with van der Waals surface area (Å²) >= 11 is 0. The van der Waals surface area contributed by atoms with Crippen LogP contribution in [0.2, 0.25) is 0 Å². The lowest BCUT2D eigenvalue weighted by molar-refractivity contribution is -0.145. The van der Waals surface area contributed by atoms with Crippen molar-refractivity contribution in [3.63, 3.8) is 0 Å². The van der Waals surface area contributed by atoms with Gasteiger partial charge in [0.1, 0.15) is 5.82 Å². The van der Waals surface area contributed by atoms with Crippen LogP contribution in [-0.2, 0) is 17.6 Å². The number of aliphatic carboxylic acids is 1. The van der Waals surface area contributed by atoms with Crippen LogP contribution in [0.3, 0.4) is 0 Å². The van der Waals surface area contributed by atoms with Crippen molar-refractivity contribution in [1.29, 1.82) is 0 Å². The van der Waals surface area contributed by atoms with Crippen molar-refractivity contribution in [2.24, 2.45) is 5.92 Å². The normalized spacial score (nSPS) is 21.5. The molecule has 0 radical (unpaired) electrons. The SMILES string of the molecule is O=C(NC1CC(C(=O)O)C1)c1nn(-c2cccc(F)c2)c2c1CCC2. The number of aromatic nitrogens is 2. The lowest BCUT2D eigenvalue weighted by Gasteiger charge is -2.32. The van der Waals surface area contributed by atoms with Gasteiger partial charge in [-0.25, -0.2) is 9.07 Å². The van der Waals surface area contributed by atoms with Crippen molar-refractivity contribution >= 4 is 11.9 Å². The molecule has 1 aromatic heterocycles. The summed E-state index contributed by atoms with van der Waals surface area (Å²) < 4.78 is 15.2. The third-order valence-corrected chi connectivity index (χ3v) is 5.02. The van der Waals surface area contributed by atoms with Crippen LogP contribution in [0.25, 0.3) is 5.69 Å². The maximum absolute atomic E-state index is 13.5. The Morgan fingerprint density at radius 1 is 1.28 bits per heavy atom. The first kappa shape index (κ1) is 15.8. The van der Waals surface area contributed by atoms with Gasteiger partial charge in [-0.1, -0.05) is 6.07 Å². The van der Waals surface area contributed by atoms with Crippen LogP contribution in [0.5, 0.6) is 0 Å². The quantitative estimate of drug-likeness (QED) is 0.890. The first-order valence-electron chi connectivity index (χ1n) is 8.43. The van der Waals surface area contributed by atoms with Crippen molar-refractivity contribution in [3.05, 3.63) is 47.0 Å². The molecule has 0 bridgehead atoms. The fraction of sp³-hybridized carbons (Fsp3) is 0.389. The molecule has 2 N–H and O–H groups in total. The molecule has 2 aliphatic rings. The van der Waals surface area contributed by atoms with E-state index in [1.165, 1.54) is 12.1 Å². The van der Waals surface area contributed by atoms with Crippen LogP contribution in [0.15, 0.2) is 24.3 Å². The van der Waals surface area contributed by atoms with Gasteiger partial charge in [0.15, 0.2) is 5.69 Å². The van der Waals surface area contributed by atoms with Crippen molar-refractivity contribution in [1.82, 2.24) is 15.1 Å². The van der Waals surface area contributed by atoms with E-state index in [1.54, 1.807) is 16.8 Å². The van der Waals surface area contributed by atoms with E-state index in [2.05, 4.69) is 10.4 Å². The van der Waals surface area contributed by atoms with E-state index >= 15 is 0 Å². The van der Waals surface area contributed by atoms with E-state index in [0.29, 0.717) is 24.2 Å². The number of nitrogens with zero attached hydrogens (tertiary/aromatic N) is 2. The maximum Gasteiger partial charge on any atom is 0.306 e. The van der Waals surface area contributed by atoms with Crippen LogP contribution in [0.4, 0.5) is 4.39 Å². The highest BCUT2D eigenvalue weighted by Gasteiger charge is 2.36. The third kappa shape index (κ3) is 2.79. The number of nitrogens with one attached hydrogen (secondary N) is 1. The van der Waals surface area contributed by atoms with Crippen LogP contribution in [0.1, 0.15) is 41.0 Å². The molecule has 6 nitrogen and oxygen atoms in total. The smallest absolute Gasteiger partial charge is 0.306 e. The summed E-state index contributed by atoms with van der Waals surface area (Å²) in [6.45, 7) is 0. The van der Waals surface area contributed by atoms with Gasteiger partial charge in [-0.2, -0.15) is 5.10 Å². The van der Waals surface area contributed by atoms with Gasteiger partial charge in [0, 0.05) is 17.3 Å². The highest BCUT2D eigenvalue weighted by atomic mass is 19.1. The zero-order valence-electron chi connectivity index (χ0n) is 13.5. The number of benzene rings is 1. The first-order chi connectivity index (χ1) is 12.0. The number of halogens is 1. The van der Waals surface area contributed by atoms with Gasteiger partial charge in [-0.15, -0.1) is 0 Å². The number of carboxylic acids is 1. The molecule has 130 valence electrons. The van der Waals surface area contributed by atoms with Gasteiger partial charge < -0.3 is 10.4 Å². The molecule has 2 aromatic rings. The average molecular weight is 343 g/mol. The van der Waals surface area contributed by atoms with Gasteiger partial charge in [0.05, 0.1) is 11.6 Å². The lowest BCUT2D eigenvalue weighted by Crippen LogP contribution is -2.47. The van der Waals surface area contributed by atoms with Gasteiger partial charge in [-0.05, 0) is 50.3 Å². The van der Waals surface area contributed by atoms with Crippen LogP contribution < -0.4 is 5.32 Å². The Kier molecular flexibility index (Phi) is 3.78. The van der Waals surface area contributed by atoms with E-state index < -0.39 is 5.97 Å². The average Bonchev–Trinajstić information content (AvgIpc) is 3.11. The molecule has 0 atom stereocenters. The second-order valence-electron chi connectivity index (χ2n) is 6.70. The number of carbonyl (C=O) groups is 2. The number of hydrogen-bond donors (Lipinski definition) is 2. The zero-order chi connectivity index (χ0) is 17.6. The summed E-state index contributed by atoms with van der Waals surface area (Å²) in [5.74, 6) is -1.82. The maximum atomic E-state index is 13.5. The van der Waals surface area contributed by atoms with E-state index in [1.807, 2.05) is 0 Å². The summed E-state index contributed by atoms with van der Waals surface area (Å²) in [5, 5.41) is 16.2. The van der Waals surface area contributed by atoms with E-state index in [0.717, 1.165) is 30.5 Å². The molecule has 2 aliphatic carbocycles. The predicted molar refractivity (Wildman–Crippen MR) is 87.2 cm³/mol. The molecule has 1 saturated carbocycles. The molecule has 0 unspecified atom stereocenters. The van der Waals surface area contributed by atoms with Gasteiger partial charge in [-0.3, -0.25) is 9.59 Å². The second-order valence-corrected chi connectivity index (χ2v) is 6.70. The lowest BCUT2D eigenvalue weighted by atomic mass is 9.80. The van der Waals surface area contributed by atoms with Crippen molar-refractivity contribution in [2.75, 3.05) is 0 Å². The Hall–Kier alpha value is -2.70. The number of fused-ring (bicyclic) bond motifs is 1. The fourth-order valence-corrected chi connectivity index (χ4v) is 3.63. The summed E-state index contributed by atoms with van der Waals surface area (Å²) in [6, 6.07) is 6.03. The minimum absolute atomic E-state index is 0.120. The standard InChI is InChI=1S/C18H18FN3O3/c19-11-3-1-4-13(9-11)22-15-6-2-5-14(15)16(21-22)17(23)20-12-7-10(8-12)18(24)25/h1,3-4,9-10,12H,2,5-8H2,(H,20,23)(H,24,25). The molecule has 7 heteroatoms. The number of carboxylic acid groups (broad SMARTS) is 1. The molecule has 0 spiro atoms. The monoisotopic (exact) mass is 343 g/mol. The largest absolute Gasteiger partial charge is 0.481 e. The van der Waals surface area contributed by atoms with Gasteiger partial charge in [0.25, 0.3) is 5.91 Å². The Bertz CT molecular complexity index is 855. The third-order valence-electron chi connectivity index (χ3n) is 5.02. The van der Waals surface area contributed by atoms with Crippen LogP contribution in [-0.4, -0.2) is 32.8 Å². The van der Waals surface area contributed by atoms with E-state index in [-0.39, 0.29) is 23.7 Å². The molecular weight excluding hydrogens is 325 g/mol. The minimum Gasteiger partial charge on any atom is -0.481 e. The molecule has 1 amide bonds. The highest BCUT2D eigenvalue weighted by Crippen LogP contribution is 2.30. The van der Waals surface area contributed by atoms with E-state index in [9.17, 15) is 14.0 Å². The Morgan fingerprint density at radius 3 is 2.80 bits per heavy atom. The Labute approximate surface area is 143 Å². The minimum atomic E-state index is -0.818. The van der Waals surface area contributed by atoms with Crippen LogP contribution >= 0.6 is 0 Å². The molecule has 1 aromatic carbocycles. The van der Waals surface area contributed by atoms with E-state index in [4.69, 9.17) is 5.11 Å². The van der Waals surface area contributed by atoms with Crippen molar-refractivity contribution < 1.29 is 19.1 Å². The topological polar surface area (TPSA) is 84.2 Å². The fourth-order valence-electron chi connectivity index (χ4n) is 3.63. The number of carbonyl (C=O) groups excluding carboxylic acids is 1. The zero-order valence-corrected chi connectivity index (χ0v) is 13.5. The molecule has 1 heterocycles. The molecule has 0 aliphatic heterocycles. The molecule has 4 rings (SSSR count). The highest BCUT2D eigenvalue weighted by molar-refractivity contribution is 5.94. The van der Waals surface area contributed by atoms with Gasteiger partial charge >= 0.3 is 5.97 Å². The summed E-state index contributed by atoms with van der Waals surface area (Å²) in [6.07, 6.45) is 3.42. The van der Waals surface area contributed by atoms with Gasteiger partial charge in [0.2, 0.25) is 0 Å².